The first kappa shape index (κ1) is 15.7. The molecule has 0 aliphatic heterocycles. The molecule has 2 atom stereocenters. The average molecular weight is 295 g/mol. The number of hydrogen-bond acceptors (Lipinski definition) is 4. The molecule has 1 aliphatic carbocycles. The number of aliphatic hydroxyl groups is 1. The minimum Gasteiger partial charge on any atom is -0.409 e. The Bertz CT molecular complexity index is 508. The molecule has 0 heterocycles. The Balaban J connectivity index is 2.00. The van der Waals surface area contributed by atoms with Crippen LogP contribution in [0, 0.1) is 11.7 Å². The molecule has 0 radical (unpaired) electrons. The molecule has 116 valence electrons. The summed E-state index contributed by atoms with van der Waals surface area (Å²) in [4.78, 5) is 0. The Morgan fingerprint density at radius 2 is 2.14 bits per heavy atom. The zero-order valence-corrected chi connectivity index (χ0v) is 11.9. The smallest absolute Gasteiger partial charge is 0.170 e. The van der Waals surface area contributed by atoms with Crippen LogP contribution in [0.3, 0.4) is 0 Å². The fourth-order valence-corrected chi connectivity index (χ4v) is 2.84. The van der Waals surface area contributed by atoms with E-state index in [0.717, 1.165) is 25.7 Å². The molecule has 0 saturated heterocycles. The maximum absolute atomic E-state index is 14.0. The predicted octanol–water partition coefficient (Wildman–Crippen LogP) is 1.56. The second-order valence-corrected chi connectivity index (χ2v) is 5.51. The normalized spacial score (nSPS) is 23.2. The first-order chi connectivity index (χ1) is 10.2. The summed E-state index contributed by atoms with van der Waals surface area (Å²) in [6.07, 6.45) is 4.31. The van der Waals surface area contributed by atoms with Gasteiger partial charge in [-0.05, 0) is 24.8 Å². The lowest BCUT2D eigenvalue weighted by Gasteiger charge is -2.31. The number of hydrogen-bond donors (Lipinski definition) is 4. The Hall–Kier alpha value is -1.66. The summed E-state index contributed by atoms with van der Waals surface area (Å²) < 4.78 is 14.0. The summed E-state index contributed by atoms with van der Waals surface area (Å²) in [6.45, 7) is 0.575. The van der Waals surface area contributed by atoms with Crippen molar-refractivity contribution in [3.63, 3.8) is 0 Å². The van der Waals surface area contributed by atoms with Crippen LogP contribution in [-0.4, -0.2) is 28.8 Å². The van der Waals surface area contributed by atoms with Crippen LogP contribution in [0.5, 0.6) is 0 Å². The molecule has 1 fully saturated rings. The standard InChI is InChI=1S/C15H22FN3O2/c16-13-7-10(15(17)19-21)5-6-11(13)8-18-14-4-2-1-3-12(14)9-20/h5-7,12,14,18,20-21H,1-4,8-9H2,(H2,17,19). The van der Waals surface area contributed by atoms with Crippen LogP contribution in [-0.2, 0) is 6.54 Å². The van der Waals surface area contributed by atoms with Crippen LogP contribution in [0.2, 0.25) is 0 Å². The van der Waals surface area contributed by atoms with Crippen molar-refractivity contribution >= 4 is 5.84 Å². The van der Waals surface area contributed by atoms with Crippen LogP contribution in [0.1, 0.15) is 36.8 Å². The fourth-order valence-electron chi connectivity index (χ4n) is 2.84. The van der Waals surface area contributed by atoms with E-state index in [0.29, 0.717) is 17.7 Å². The zero-order chi connectivity index (χ0) is 15.2. The van der Waals surface area contributed by atoms with Crippen molar-refractivity contribution in [1.82, 2.24) is 5.32 Å². The molecule has 21 heavy (non-hydrogen) atoms. The molecule has 2 rings (SSSR count). The lowest BCUT2D eigenvalue weighted by molar-refractivity contribution is 0.152. The highest BCUT2D eigenvalue weighted by Gasteiger charge is 2.24. The van der Waals surface area contributed by atoms with E-state index in [1.165, 1.54) is 6.07 Å². The van der Waals surface area contributed by atoms with Gasteiger partial charge in [0.15, 0.2) is 5.84 Å². The molecule has 5 nitrogen and oxygen atoms in total. The van der Waals surface area contributed by atoms with E-state index in [1.807, 2.05) is 0 Å². The molecule has 6 heteroatoms. The number of amidine groups is 1. The van der Waals surface area contributed by atoms with Crippen LogP contribution in [0.25, 0.3) is 0 Å². The number of nitrogens with two attached hydrogens (primary N) is 1. The molecule has 1 aromatic carbocycles. The van der Waals surface area contributed by atoms with Crippen molar-refractivity contribution in [3.8, 4) is 0 Å². The summed E-state index contributed by atoms with van der Waals surface area (Å²) in [5.41, 5.74) is 6.32. The second kappa shape index (κ2) is 7.38. The van der Waals surface area contributed by atoms with Gasteiger partial charge in [0.05, 0.1) is 0 Å². The highest BCUT2D eigenvalue weighted by molar-refractivity contribution is 5.97. The van der Waals surface area contributed by atoms with E-state index >= 15 is 0 Å². The fraction of sp³-hybridized carbons (Fsp3) is 0.533. The Labute approximate surface area is 123 Å². The minimum absolute atomic E-state index is 0.110. The van der Waals surface area contributed by atoms with Crippen LogP contribution < -0.4 is 11.1 Å². The van der Waals surface area contributed by atoms with Gasteiger partial charge >= 0.3 is 0 Å². The molecular weight excluding hydrogens is 273 g/mol. The van der Waals surface area contributed by atoms with E-state index < -0.39 is 0 Å². The molecule has 2 unspecified atom stereocenters. The van der Waals surface area contributed by atoms with Gasteiger partial charge in [-0.15, -0.1) is 0 Å². The van der Waals surface area contributed by atoms with Gasteiger partial charge in [-0.25, -0.2) is 4.39 Å². The van der Waals surface area contributed by atoms with Crippen molar-refractivity contribution in [2.75, 3.05) is 6.61 Å². The number of oxime groups is 1. The number of benzene rings is 1. The van der Waals surface area contributed by atoms with Crippen molar-refractivity contribution in [3.05, 3.63) is 35.1 Å². The molecule has 0 spiro atoms. The summed E-state index contributed by atoms with van der Waals surface area (Å²) in [7, 11) is 0. The lowest BCUT2D eigenvalue weighted by atomic mass is 9.85. The van der Waals surface area contributed by atoms with Crippen molar-refractivity contribution < 1.29 is 14.7 Å². The van der Waals surface area contributed by atoms with Crippen LogP contribution in [0.4, 0.5) is 4.39 Å². The van der Waals surface area contributed by atoms with Gasteiger partial charge in [-0.3, -0.25) is 0 Å². The third-order valence-corrected chi connectivity index (χ3v) is 4.15. The van der Waals surface area contributed by atoms with Gasteiger partial charge in [0.1, 0.15) is 5.82 Å². The lowest BCUT2D eigenvalue weighted by Crippen LogP contribution is -2.39. The molecule has 5 N–H and O–H groups in total. The first-order valence-corrected chi connectivity index (χ1v) is 7.26. The Kier molecular flexibility index (Phi) is 5.52. The van der Waals surface area contributed by atoms with E-state index in [4.69, 9.17) is 10.9 Å². The maximum atomic E-state index is 14.0. The van der Waals surface area contributed by atoms with Crippen molar-refractivity contribution in [2.45, 2.75) is 38.3 Å². The van der Waals surface area contributed by atoms with Crippen LogP contribution in [0.15, 0.2) is 23.4 Å². The van der Waals surface area contributed by atoms with E-state index in [1.54, 1.807) is 12.1 Å². The highest BCUT2D eigenvalue weighted by Crippen LogP contribution is 2.24. The summed E-state index contributed by atoms with van der Waals surface area (Å²) in [5, 5.41) is 24.1. The minimum atomic E-state index is -0.386. The molecule has 1 aromatic rings. The van der Waals surface area contributed by atoms with Gasteiger partial charge in [-0.2, -0.15) is 0 Å². The third-order valence-electron chi connectivity index (χ3n) is 4.15. The number of aliphatic hydroxyl groups excluding tert-OH is 1. The monoisotopic (exact) mass is 295 g/mol. The molecular formula is C15H22FN3O2. The summed E-state index contributed by atoms with van der Waals surface area (Å²) in [5.74, 6) is -0.248. The molecule has 1 saturated carbocycles. The molecule has 0 aromatic heterocycles. The topological polar surface area (TPSA) is 90.9 Å². The first-order valence-electron chi connectivity index (χ1n) is 7.26. The van der Waals surface area contributed by atoms with E-state index in [9.17, 15) is 9.50 Å². The average Bonchev–Trinajstić information content (AvgIpc) is 2.53. The molecule has 1 aliphatic rings. The van der Waals surface area contributed by atoms with Gasteiger partial charge < -0.3 is 21.4 Å². The molecule has 0 bridgehead atoms. The third kappa shape index (κ3) is 3.92. The van der Waals surface area contributed by atoms with Gasteiger partial charge in [0.25, 0.3) is 0 Å². The Morgan fingerprint density at radius 1 is 1.38 bits per heavy atom. The van der Waals surface area contributed by atoms with Crippen LogP contribution >= 0.6 is 0 Å². The SMILES string of the molecule is N/C(=N/O)c1ccc(CNC2CCCCC2CO)c(F)c1. The van der Waals surface area contributed by atoms with Crippen molar-refractivity contribution in [1.29, 1.82) is 0 Å². The second-order valence-electron chi connectivity index (χ2n) is 5.51. The Morgan fingerprint density at radius 3 is 2.81 bits per heavy atom. The number of nitrogens with zero attached hydrogens (tertiary/aromatic N) is 1. The van der Waals surface area contributed by atoms with Gasteiger partial charge in [0, 0.05) is 30.3 Å². The predicted molar refractivity (Wildman–Crippen MR) is 78.6 cm³/mol. The highest BCUT2D eigenvalue weighted by atomic mass is 19.1. The molecule has 0 amide bonds. The quantitative estimate of drug-likeness (QED) is 0.287. The summed E-state index contributed by atoms with van der Waals surface area (Å²) >= 11 is 0. The van der Waals surface area contributed by atoms with Gasteiger partial charge in [0.2, 0.25) is 0 Å². The van der Waals surface area contributed by atoms with Gasteiger partial charge in [-0.1, -0.05) is 30.1 Å². The largest absolute Gasteiger partial charge is 0.409 e. The number of halogens is 1. The summed E-state index contributed by atoms with van der Waals surface area (Å²) in [6, 6.07) is 4.74. The van der Waals surface area contributed by atoms with Crippen molar-refractivity contribution in [2.24, 2.45) is 16.8 Å². The van der Waals surface area contributed by atoms with E-state index in [-0.39, 0.29) is 30.2 Å². The number of nitrogens with one attached hydrogen (secondary N) is 1. The number of rotatable bonds is 5. The maximum Gasteiger partial charge on any atom is 0.170 e. The van der Waals surface area contributed by atoms with E-state index in [2.05, 4.69) is 10.5 Å². The zero-order valence-electron chi connectivity index (χ0n) is 11.9.